The van der Waals surface area contributed by atoms with Crippen LogP contribution in [0.4, 0.5) is 5.69 Å². The minimum atomic E-state index is -0.687. The van der Waals surface area contributed by atoms with Crippen LogP contribution >= 0.6 is 11.6 Å². The second kappa shape index (κ2) is 7.55. The first kappa shape index (κ1) is 18.5. The number of anilines is 1. The van der Waals surface area contributed by atoms with E-state index in [0.717, 1.165) is 0 Å². The van der Waals surface area contributed by atoms with Gasteiger partial charge in [-0.1, -0.05) is 29.8 Å². The standard InChI is InChI=1S/C20H17ClN2O4/c1-3-10-23-16-7-5-4-6-13(16)18(27-2)17(20(23)26)19(25)22-15-11-12(24)8-9-14(15)21/h3-9,11,24H,1,10H2,2H3,(H,22,25). The van der Waals surface area contributed by atoms with Gasteiger partial charge in [-0.15, -0.1) is 6.58 Å². The van der Waals surface area contributed by atoms with Crippen molar-refractivity contribution in [3.05, 3.63) is 76.1 Å². The van der Waals surface area contributed by atoms with Crippen molar-refractivity contribution in [2.24, 2.45) is 0 Å². The molecule has 0 unspecified atom stereocenters. The number of phenols is 1. The van der Waals surface area contributed by atoms with Crippen LogP contribution in [0.1, 0.15) is 10.4 Å². The average molecular weight is 385 g/mol. The summed E-state index contributed by atoms with van der Waals surface area (Å²) < 4.78 is 6.85. The van der Waals surface area contributed by atoms with Crippen LogP contribution in [0.25, 0.3) is 10.9 Å². The fourth-order valence-corrected chi connectivity index (χ4v) is 3.06. The zero-order chi connectivity index (χ0) is 19.6. The number of carbonyl (C=O) groups excluding carboxylic acids is 1. The monoisotopic (exact) mass is 384 g/mol. The van der Waals surface area contributed by atoms with Gasteiger partial charge in [-0.3, -0.25) is 9.59 Å². The third-order valence-electron chi connectivity index (χ3n) is 4.07. The number of carbonyl (C=O) groups is 1. The summed E-state index contributed by atoms with van der Waals surface area (Å²) in [5.74, 6) is -0.582. The summed E-state index contributed by atoms with van der Waals surface area (Å²) in [4.78, 5) is 25.9. The van der Waals surface area contributed by atoms with Gasteiger partial charge in [-0.2, -0.15) is 0 Å². The lowest BCUT2D eigenvalue weighted by Crippen LogP contribution is -2.30. The molecule has 0 saturated heterocycles. The van der Waals surface area contributed by atoms with Crippen molar-refractivity contribution in [2.75, 3.05) is 12.4 Å². The highest BCUT2D eigenvalue weighted by molar-refractivity contribution is 6.34. The lowest BCUT2D eigenvalue weighted by molar-refractivity contribution is 0.102. The average Bonchev–Trinajstić information content (AvgIpc) is 2.66. The molecule has 0 atom stereocenters. The van der Waals surface area contributed by atoms with E-state index < -0.39 is 11.5 Å². The summed E-state index contributed by atoms with van der Waals surface area (Å²) in [6, 6.07) is 11.3. The van der Waals surface area contributed by atoms with E-state index in [9.17, 15) is 14.7 Å². The summed E-state index contributed by atoms with van der Waals surface area (Å²) in [5, 5.41) is 13.0. The Labute approximate surface area is 160 Å². The van der Waals surface area contributed by atoms with Crippen LogP contribution in [0.15, 0.2) is 59.9 Å². The third kappa shape index (κ3) is 3.39. The lowest BCUT2D eigenvalue weighted by Gasteiger charge is -2.16. The van der Waals surface area contributed by atoms with Gasteiger partial charge in [0.05, 0.1) is 23.3 Å². The summed E-state index contributed by atoms with van der Waals surface area (Å²) in [5.41, 5.74) is 0.148. The van der Waals surface area contributed by atoms with Crippen molar-refractivity contribution in [3.63, 3.8) is 0 Å². The largest absolute Gasteiger partial charge is 0.508 e. The number of amides is 1. The molecular formula is C20H17ClN2O4. The van der Waals surface area contributed by atoms with E-state index in [-0.39, 0.29) is 34.3 Å². The van der Waals surface area contributed by atoms with Gasteiger partial charge < -0.3 is 19.7 Å². The van der Waals surface area contributed by atoms with Crippen LogP contribution in [0.3, 0.4) is 0 Å². The van der Waals surface area contributed by atoms with Crippen LogP contribution in [-0.2, 0) is 6.54 Å². The number of para-hydroxylation sites is 1. The third-order valence-corrected chi connectivity index (χ3v) is 4.40. The van der Waals surface area contributed by atoms with Gasteiger partial charge >= 0.3 is 0 Å². The number of aromatic nitrogens is 1. The number of ether oxygens (including phenoxy) is 1. The number of rotatable bonds is 5. The number of methoxy groups -OCH3 is 1. The molecule has 3 rings (SSSR count). The number of nitrogens with one attached hydrogen (secondary N) is 1. The van der Waals surface area contributed by atoms with Crippen LogP contribution in [0.2, 0.25) is 5.02 Å². The topological polar surface area (TPSA) is 80.6 Å². The molecule has 0 saturated carbocycles. The number of nitrogens with zero attached hydrogens (tertiary/aromatic N) is 1. The molecule has 0 aliphatic rings. The van der Waals surface area contributed by atoms with Crippen molar-refractivity contribution >= 4 is 34.1 Å². The molecule has 1 amide bonds. The first-order valence-corrected chi connectivity index (χ1v) is 8.46. The highest BCUT2D eigenvalue weighted by Crippen LogP contribution is 2.30. The zero-order valence-electron chi connectivity index (χ0n) is 14.5. The molecule has 6 nitrogen and oxygen atoms in total. The summed E-state index contributed by atoms with van der Waals surface area (Å²) >= 11 is 6.06. The van der Waals surface area contributed by atoms with Crippen molar-refractivity contribution in [1.29, 1.82) is 0 Å². The highest BCUT2D eigenvalue weighted by atomic mass is 35.5. The molecule has 0 aliphatic heterocycles. The molecule has 0 bridgehead atoms. The molecule has 1 aromatic heterocycles. The molecule has 0 spiro atoms. The predicted octanol–water partition coefficient (Wildman–Crippen LogP) is 3.81. The Hall–Kier alpha value is -3.25. The molecule has 1 heterocycles. The van der Waals surface area contributed by atoms with Gasteiger partial charge in [0.1, 0.15) is 17.1 Å². The maximum atomic E-state index is 13.0. The molecule has 0 fully saturated rings. The van der Waals surface area contributed by atoms with E-state index in [1.54, 1.807) is 30.3 Å². The number of pyridine rings is 1. The fraction of sp³-hybridized carbons (Fsp3) is 0.100. The second-order valence-corrected chi connectivity index (χ2v) is 6.16. The molecule has 27 heavy (non-hydrogen) atoms. The number of benzene rings is 2. The van der Waals surface area contributed by atoms with Crippen molar-refractivity contribution in [1.82, 2.24) is 4.57 Å². The number of allylic oxidation sites excluding steroid dienone is 1. The Morgan fingerprint density at radius 2 is 2.07 bits per heavy atom. The minimum Gasteiger partial charge on any atom is -0.508 e. The Balaban J connectivity index is 2.22. The molecule has 3 aromatic rings. The van der Waals surface area contributed by atoms with E-state index in [4.69, 9.17) is 16.3 Å². The van der Waals surface area contributed by atoms with Gasteiger partial charge in [-0.05, 0) is 24.3 Å². The minimum absolute atomic E-state index is 0.0655. The van der Waals surface area contributed by atoms with Crippen LogP contribution in [0.5, 0.6) is 11.5 Å². The summed E-state index contributed by atoms with van der Waals surface area (Å²) in [6.45, 7) is 3.91. The first-order chi connectivity index (χ1) is 13.0. The number of halogens is 1. The molecule has 0 aliphatic carbocycles. The lowest BCUT2D eigenvalue weighted by atomic mass is 10.1. The van der Waals surface area contributed by atoms with Gasteiger partial charge in [0, 0.05) is 18.0 Å². The molecule has 7 heteroatoms. The van der Waals surface area contributed by atoms with E-state index in [1.807, 2.05) is 0 Å². The molecular weight excluding hydrogens is 368 g/mol. The van der Waals surface area contributed by atoms with E-state index in [1.165, 1.54) is 29.9 Å². The summed E-state index contributed by atoms with van der Waals surface area (Å²) in [6.07, 6.45) is 1.58. The zero-order valence-corrected chi connectivity index (χ0v) is 15.3. The highest BCUT2D eigenvalue weighted by Gasteiger charge is 2.23. The molecule has 138 valence electrons. The molecule has 0 radical (unpaired) electrons. The summed E-state index contributed by atoms with van der Waals surface area (Å²) in [7, 11) is 1.40. The first-order valence-electron chi connectivity index (χ1n) is 8.08. The smallest absolute Gasteiger partial charge is 0.268 e. The van der Waals surface area contributed by atoms with Crippen LogP contribution in [-0.4, -0.2) is 22.7 Å². The van der Waals surface area contributed by atoms with Crippen LogP contribution in [0, 0.1) is 0 Å². The Bertz CT molecular complexity index is 1110. The van der Waals surface area contributed by atoms with Gasteiger partial charge in [-0.25, -0.2) is 0 Å². The number of phenolic OH excluding ortho intramolecular Hbond substituents is 1. The maximum absolute atomic E-state index is 13.0. The van der Waals surface area contributed by atoms with E-state index in [2.05, 4.69) is 11.9 Å². The normalized spacial score (nSPS) is 10.6. The van der Waals surface area contributed by atoms with Gasteiger partial charge in [0.2, 0.25) is 0 Å². The SMILES string of the molecule is C=CCn1c(=O)c(C(=O)Nc2cc(O)ccc2Cl)c(OC)c2ccccc21. The maximum Gasteiger partial charge on any atom is 0.268 e. The number of hydrogen-bond acceptors (Lipinski definition) is 4. The van der Waals surface area contributed by atoms with Crippen molar-refractivity contribution < 1.29 is 14.6 Å². The second-order valence-electron chi connectivity index (χ2n) is 5.75. The Morgan fingerprint density at radius 1 is 1.33 bits per heavy atom. The fourth-order valence-electron chi connectivity index (χ4n) is 2.89. The molecule has 2 aromatic carbocycles. The van der Waals surface area contributed by atoms with Gasteiger partial charge in [0.25, 0.3) is 11.5 Å². The van der Waals surface area contributed by atoms with E-state index >= 15 is 0 Å². The van der Waals surface area contributed by atoms with Gasteiger partial charge in [0.15, 0.2) is 0 Å². The molecule has 2 N–H and O–H groups in total. The quantitative estimate of drug-likeness (QED) is 0.655. The van der Waals surface area contributed by atoms with E-state index in [0.29, 0.717) is 10.9 Å². The Morgan fingerprint density at radius 3 is 2.78 bits per heavy atom. The van der Waals surface area contributed by atoms with Crippen molar-refractivity contribution in [2.45, 2.75) is 6.54 Å². The predicted molar refractivity (Wildman–Crippen MR) is 106 cm³/mol. The Kier molecular flexibility index (Phi) is 5.19. The number of fused-ring (bicyclic) bond motifs is 1. The van der Waals surface area contributed by atoms with Crippen LogP contribution < -0.4 is 15.6 Å². The number of hydrogen-bond donors (Lipinski definition) is 2. The number of aromatic hydroxyl groups is 1. The van der Waals surface area contributed by atoms with Crippen molar-refractivity contribution in [3.8, 4) is 11.5 Å².